The minimum Gasteiger partial charge on any atom is -0.458 e. The molecule has 5 heteroatoms. The fraction of sp³-hybridized carbons (Fsp3) is 0.786. The maximum Gasteiger partial charge on any atom is 0.336 e. The number of aliphatic hydroxyl groups is 1. The van der Waals surface area contributed by atoms with Crippen molar-refractivity contribution in [2.24, 2.45) is 40.4 Å². The van der Waals surface area contributed by atoms with Crippen molar-refractivity contribution in [2.75, 3.05) is 6.61 Å². The number of carbonyl (C=O) groups excluding carboxylic acids is 2. The second-order valence-electron chi connectivity index (χ2n) is 12.4. The molecule has 1 N–H and O–H groups in total. The van der Waals surface area contributed by atoms with Gasteiger partial charge in [0.2, 0.25) is 0 Å². The molecule has 10 atom stereocenters. The van der Waals surface area contributed by atoms with Crippen LogP contribution in [-0.2, 0) is 19.1 Å². The zero-order chi connectivity index (χ0) is 23.3. The molecule has 4 aliphatic carbocycles. The van der Waals surface area contributed by atoms with E-state index in [1.807, 2.05) is 19.1 Å². The van der Waals surface area contributed by atoms with Gasteiger partial charge in [-0.15, -0.1) is 0 Å². The molecule has 0 unspecified atom stereocenters. The lowest BCUT2D eigenvalue weighted by molar-refractivity contribution is -0.153. The molecule has 2 heterocycles. The molecule has 6 aliphatic rings. The van der Waals surface area contributed by atoms with Crippen molar-refractivity contribution in [3.05, 3.63) is 23.3 Å². The molecule has 0 radical (unpaired) electrons. The Hall–Kier alpha value is -1.46. The van der Waals surface area contributed by atoms with Gasteiger partial charge in [0, 0.05) is 6.42 Å². The van der Waals surface area contributed by atoms with Gasteiger partial charge < -0.3 is 14.6 Å². The highest BCUT2D eigenvalue weighted by molar-refractivity contribution is 5.97. The van der Waals surface area contributed by atoms with Gasteiger partial charge in [-0.05, 0) is 93.5 Å². The Balaban J connectivity index is 1.26. The summed E-state index contributed by atoms with van der Waals surface area (Å²) in [5.41, 5.74) is 1.01. The summed E-state index contributed by atoms with van der Waals surface area (Å²) in [6, 6.07) is 0. The van der Waals surface area contributed by atoms with E-state index in [0.717, 1.165) is 44.1 Å². The Kier molecular flexibility index (Phi) is 4.70. The lowest BCUT2D eigenvalue weighted by atomic mass is 9.44. The van der Waals surface area contributed by atoms with Gasteiger partial charge >= 0.3 is 5.97 Å². The minimum atomic E-state index is -0.373. The molecule has 3 saturated carbocycles. The number of cyclic esters (lactones) is 1. The van der Waals surface area contributed by atoms with Crippen LogP contribution in [0.3, 0.4) is 0 Å². The van der Waals surface area contributed by atoms with Crippen molar-refractivity contribution in [1.29, 1.82) is 0 Å². The standard InChI is InChI=1S/C28H38O5/c1-15-12-22(32-25(31)18(15)14-29)16(2)19-7-8-20-17-13-24-28(33-24)10-5-6-23(30)27(28,4)21(17)9-11-26(19,20)3/h5-6,16-17,19-22,24,29H,7-14H2,1-4H3/t16-,17-,19+,20-,21-,22+,24+,26+,27-,28+/m0/s1. The van der Waals surface area contributed by atoms with E-state index in [1.54, 1.807) is 0 Å². The number of esters is 1. The van der Waals surface area contributed by atoms with Crippen LogP contribution in [0.15, 0.2) is 23.3 Å². The van der Waals surface area contributed by atoms with Gasteiger partial charge in [0.1, 0.15) is 11.7 Å². The van der Waals surface area contributed by atoms with Crippen LogP contribution in [0.25, 0.3) is 0 Å². The van der Waals surface area contributed by atoms with Crippen LogP contribution in [0.4, 0.5) is 0 Å². The van der Waals surface area contributed by atoms with Crippen molar-refractivity contribution in [3.63, 3.8) is 0 Å². The largest absolute Gasteiger partial charge is 0.458 e. The highest BCUT2D eigenvalue weighted by atomic mass is 16.6. The summed E-state index contributed by atoms with van der Waals surface area (Å²) in [4.78, 5) is 25.7. The third kappa shape index (κ3) is 2.67. The van der Waals surface area contributed by atoms with Crippen LogP contribution >= 0.6 is 0 Å². The number of epoxide rings is 1. The van der Waals surface area contributed by atoms with Gasteiger partial charge in [-0.3, -0.25) is 4.79 Å². The van der Waals surface area contributed by atoms with E-state index in [0.29, 0.717) is 29.2 Å². The molecular weight excluding hydrogens is 416 g/mol. The van der Waals surface area contributed by atoms with Crippen LogP contribution < -0.4 is 0 Å². The van der Waals surface area contributed by atoms with Crippen LogP contribution in [0.5, 0.6) is 0 Å². The van der Waals surface area contributed by atoms with E-state index >= 15 is 0 Å². The predicted molar refractivity (Wildman–Crippen MR) is 123 cm³/mol. The summed E-state index contributed by atoms with van der Waals surface area (Å²) in [7, 11) is 0. The summed E-state index contributed by atoms with van der Waals surface area (Å²) in [6.07, 6.45) is 11.3. The van der Waals surface area contributed by atoms with Gasteiger partial charge in [0.05, 0.1) is 23.7 Å². The molecule has 2 aliphatic heterocycles. The van der Waals surface area contributed by atoms with Crippen LogP contribution in [0.2, 0.25) is 0 Å². The Morgan fingerprint density at radius 1 is 1.18 bits per heavy atom. The van der Waals surface area contributed by atoms with E-state index in [9.17, 15) is 14.7 Å². The summed E-state index contributed by atoms with van der Waals surface area (Å²) >= 11 is 0. The Labute approximate surface area is 197 Å². The van der Waals surface area contributed by atoms with E-state index in [-0.39, 0.29) is 52.9 Å². The molecule has 0 bridgehead atoms. The molecule has 1 spiro atoms. The molecule has 4 fully saturated rings. The fourth-order valence-corrected chi connectivity index (χ4v) is 9.61. The van der Waals surface area contributed by atoms with Crippen molar-refractivity contribution in [1.82, 2.24) is 0 Å². The normalized spacial score (nSPS) is 51.3. The number of allylic oxidation sites excluding steroid dienone is 1. The highest BCUT2D eigenvalue weighted by Gasteiger charge is 2.77. The monoisotopic (exact) mass is 454 g/mol. The Morgan fingerprint density at radius 3 is 2.70 bits per heavy atom. The number of carbonyl (C=O) groups is 2. The Bertz CT molecular complexity index is 965. The van der Waals surface area contributed by atoms with Crippen molar-refractivity contribution in [3.8, 4) is 0 Å². The molecule has 0 aromatic carbocycles. The minimum absolute atomic E-state index is 0.112. The maximum absolute atomic E-state index is 13.3. The predicted octanol–water partition coefficient (Wildman–Crippen LogP) is 4.38. The summed E-state index contributed by atoms with van der Waals surface area (Å²) < 4.78 is 12.2. The van der Waals surface area contributed by atoms with Crippen LogP contribution in [0.1, 0.15) is 72.6 Å². The molecule has 6 rings (SSSR count). The third-order valence-electron chi connectivity index (χ3n) is 11.5. The smallest absolute Gasteiger partial charge is 0.336 e. The lowest BCUT2D eigenvalue weighted by Crippen LogP contribution is -2.60. The topological polar surface area (TPSA) is 76.1 Å². The Morgan fingerprint density at radius 2 is 1.97 bits per heavy atom. The first kappa shape index (κ1) is 22.0. The van der Waals surface area contributed by atoms with E-state index in [4.69, 9.17) is 9.47 Å². The van der Waals surface area contributed by atoms with Crippen molar-refractivity contribution >= 4 is 11.8 Å². The first-order valence-electron chi connectivity index (χ1n) is 13.1. The molecule has 1 saturated heterocycles. The zero-order valence-corrected chi connectivity index (χ0v) is 20.4. The first-order chi connectivity index (χ1) is 15.7. The summed E-state index contributed by atoms with van der Waals surface area (Å²) in [5.74, 6) is 2.28. The van der Waals surface area contributed by atoms with E-state index in [2.05, 4.69) is 20.8 Å². The first-order valence-corrected chi connectivity index (χ1v) is 13.1. The quantitative estimate of drug-likeness (QED) is 0.506. The molecule has 33 heavy (non-hydrogen) atoms. The fourth-order valence-electron chi connectivity index (χ4n) is 9.61. The second kappa shape index (κ2) is 7.04. The zero-order valence-electron chi connectivity index (χ0n) is 20.4. The second-order valence-corrected chi connectivity index (χ2v) is 12.4. The molecule has 0 aromatic heterocycles. The van der Waals surface area contributed by atoms with Gasteiger partial charge in [0.25, 0.3) is 0 Å². The number of hydrogen-bond acceptors (Lipinski definition) is 5. The number of ketones is 1. The summed E-state index contributed by atoms with van der Waals surface area (Å²) in [6.45, 7) is 8.68. The molecular formula is C28H38O5. The summed E-state index contributed by atoms with van der Waals surface area (Å²) in [5, 5.41) is 9.52. The number of hydrogen-bond donors (Lipinski definition) is 1. The van der Waals surface area contributed by atoms with Gasteiger partial charge in [-0.1, -0.05) is 25.5 Å². The van der Waals surface area contributed by atoms with Crippen LogP contribution in [0, 0.1) is 40.4 Å². The molecule has 180 valence electrons. The SMILES string of the molecule is CC1=C(CO)C(=O)O[C@@H]([C@@H](C)[C@H]2CC[C@H]3[C@@H]4C[C@H]5O[C@]56CC=CC(=O)[C@]6(C)[C@H]4CC[C@]23C)C1. The van der Waals surface area contributed by atoms with Crippen LogP contribution in [-0.4, -0.2) is 41.3 Å². The van der Waals surface area contributed by atoms with E-state index < -0.39 is 0 Å². The lowest BCUT2D eigenvalue weighted by Gasteiger charge is -2.57. The maximum atomic E-state index is 13.3. The van der Waals surface area contributed by atoms with Crippen molar-refractivity contribution in [2.45, 2.75) is 90.4 Å². The number of rotatable bonds is 3. The molecule has 0 amide bonds. The van der Waals surface area contributed by atoms with Crippen molar-refractivity contribution < 1.29 is 24.2 Å². The number of aliphatic hydroxyl groups excluding tert-OH is 1. The van der Waals surface area contributed by atoms with E-state index in [1.165, 1.54) is 6.42 Å². The molecule has 0 aromatic rings. The van der Waals surface area contributed by atoms with Gasteiger partial charge in [-0.2, -0.15) is 0 Å². The van der Waals surface area contributed by atoms with Gasteiger partial charge in [-0.25, -0.2) is 4.79 Å². The highest BCUT2D eigenvalue weighted by Crippen LogP contribution is 2.73. The third-order valence-corrected chi connectivity index (χ3v) is 11.5. The number of ether oxygens (including phenoxy) is 2. The average molecular weight is 455 g/mol. The molecule has 5 nitrogen and oxygen atoms in total. The van der Waals surface area contributed by atoms with Gasteiger partial charge in [0.15, 0.2) is 5.78 Å². The number of fused-ring (bicyclic) bond motifs is 4. The average Bonchev–Trinajstić information content (AvgIpc) is 3.36.